The van der Waals surface area contributed by atoms with Gasteiger partial charge in [0.25, 0.3) is 5.91 Å². The van der Waals surface area contributed by atoms with Gasteiger partial charge in [-0.05, 0) is 75.4 Å². The average Bonchev–Trinajstić information content (AvgIpc) is 3.26. The van der Waals surface area contributed by atoms with Crippen molar-refractivity contribution >= 4 is 17.6 Å². The van der Waals surface area contributed by atoms with Gasteiger partial charge in [-0.15, -0.1) is 0 Å². The van der Waals surface area contributed by atoms with Gasteiger partial charge in [-0.25, -0.2) is 4.79 Å². The van der Waals surface area contributed by atoms with Crippen molar-refractivity contribution in [2.75, 3.05) is 18.0 Å². The lowest BCUT2D eigenvalue weighted by molar-refractivity contribution is -0.152. The van der Waals surface area contributed by atoms with Crippen molar-refractivity contribution in [1.82, 2.24) is 15.1 Å². The number of hydrogen-bond acceptors (Lipinski definition) is 5. The summed E-state index contributed by atoms with van der Waals surface area (Å²) in [5.41, 5.74) is 3.79. The summed E-state index contributed by atoms with van der Waals surface area (Å²) in [7, 11) is 1.76. The fourth-order valence-corrected chi connectivity index (χ4v) is 4.34. The zero-order valence-electron chi connectivity index (χ0n) is 21.4. The lowest BCUT2D eigenvalue weighted by Crippen LogP contribution is -2.38. The number of aromatic nitrogens is 2. The van der Waals surface area contributed by atoms with Crippen LogP contribution in [0.4, 0.5) is 5.69 Å². The zero-order valence-corrected chi connectivity index (χ0v) is 21.4. The molecule has 2 aromatic carbocycles. The molecule has 2 N–H and O–H groups in total. The number of anilines is 1. The minimum absolute atomic E-state index is 0.217. The summed E-state index contributed by atoms with van der Waals surface area (Å²) in [5.74, 6) is -0.752. The number of ether oxygens (including phenoxy) is 1. The van der Waals surface area contributed by atoms with Gasteiger partial charge in [-0.3, -0.25) is 9.48 Å². The minimum Gasteiger partial charge on any atom is -0.478 e. The van der Waals surface area contributed by atoms with E-state index in [9.17, 15) is 14.7 Å². The van der Waals surface area contributed by atoms with Crippen molar-refractivity contribution in [2.24, 2.45) is 7.05 Å². The summed E-state index contributed by atoms with van der Waals surface area (Å²) < 4.78 is 7.24. The Hall–Kier alpha value is -3.81. The van der Waals surface area contributed by atoms with Crippen molar-refractivity contribution in [3.05, 3.63) is 65.4 Å². The molecule has 0 aliphatic carbocycles. The van der Waals surface area contributed by atoms with Gasteiger partial charge in [0.15, 0.2) is 5.60 Å². The first kappa shape index (κ1) is 25.3. The molecule has 0 unspecified atom stereocenters. The van der Waals surface area contributed by atoms with Crippen LogP contribution in [0.1, 0.15) is 54.7 Å². The van der Waals surface area contributed by atoms with Crippen LogP contribution >= 0.6 is 0 Å². The van der Waals surface area contributed by atoms with E-state index < -0.39 is 11.6 Å². The first-order chi connectivity index (χ1) is 17.1. The van der Waals surface area contributed by atoms with Gasteiger partial charge in [0.1, 0.15) is 11.4 Å². The maximum atomic E-state index is 12.9. The lowest BCUT2D eigenvalue weighted by Gasteiger charge is -2.28. The van der Waals surface area contributed by atoms with Gasteiger partial charge in [0.2, 0.25) is 0 Å². The standard InChI is InChI=1S/C28H34N4O4/c1-19-16-20(8-13-25(19)36-28(2,3)27(34)35)18-29-26(33)24-17-23(30-31(24)4)21-9-11-22(12-10-21)32-14-6-5-7-15-32/h8-13,16-17H,5-7,14-15,18H2,1-4H3,(H,29,33)(H,34,35). The molecule has 1 saturated heterocycles. The van der Waals surface area contributed by atoms with E-state index in [1.165, 1.54) is 38.8 Å². The molecule has 36 heavy (non-hydrogen) atoms. The molecule has 1 fully saturated rings. The van der Waals surface area contributed by atoms with Crippen molar-refractivity contribution < 1.29 is 19.4 Å². The summed E-state index contributed by atoms with van der Waals surface area (Å²) in [5, 5.41) is 16.8. The maximum absolute atomic E-state index is 12.9. The smallest absolute Gasteiger partial charge is 0.347 e. The number of amides is 1. The van der Waals surface area contributed by atoms with Crippen LogP contribution < -0.4 is 15.0 Å². The third-order valence-corrected chi connectivity index (χ3v) is 6.57. The number of hydrogen-bond donors (Lipinski definition) is 2. The van der Waals surface area contributed by atoms with Crippen LogP contribution in [0.15, 0.2) is 48.5 Å². The van der Waals surface area contributed by atoms with E-state index in [0.717, 1.165) is 35.5 Å². The molecule has 1 aliphatic heterocycles. The first-order valence-corrected chi connectivity index (χ1v) is 12.3. The Morgan fingerprint density at radius 1 is 1.06 bits per heavy atom. The van der Waals surface area contributed by atoms with Crippen molar-refractivity contribution in [3.63, 3.8) is 0 Å². The first-order valence-electron chi connectivity index (χ1n) is 12.3. The van der Waals surface area contributed by atoms with Crippen molar-refractivity contribution in [3.8, 4) is 17.0 Å². The highest BCUT2D eigenvalue weighted by atomic mass is 16.5. The van der Waals surface area contributed by atoms with Crippen LogP contribution in [0.3, 0.4) is 0 Å². The number of carboxylic acid groups (broad SMARTS) is 1. The predicted octanol–water partition coefficient (Wildman–Crippen LogP) is 4.56. The van der Waals surface area contributed by atoms with Gasteiger partial charge in [-0.2, -0.15) is 5.10 Å². The Labute approximate surface area is 211 Å². The Balaban J connectivity index is 1.39. The normalized spacial score (nSPS) is 13.9. The van der Waals surface area contributed by atoms with E-state index in [1.807, 2.05) is 19.1 Å². The van der Waals surface area contributed by atoms with Gasteiger partial charge in [0, 0.05) is 37.9 Å². The van der Waals surface area contributed by atoms with Crippen LogP contribution in [0, 0.1) is 6.92 Å². The summed E-state index contributed by atoms with van der Waals surface area (Å²) >= 11 is 0. The zero-order chi connectivity index (χ0) is 25.9. The highest BCUT2D eigenvalue weighted by molar-refractivity contribution is 5.93. The second kappa shape index (κ2) is 10.4. The Morgan fingerprint density at radius 3 is 2.39 bits per heavy atom. The van der Waals surface area contributed by atoms with Gasteiger partial charge >= 0.3 is 5.97 Å². The summed E-state index contributed by atoms with van der Waals surface area (Å²) in [6.45, 7) is 7.39. The molecule has 8 nitrogen and oxygen atoms in total. The Kier molecular flexibility index (Phi) is 7.33. The SMILES string of the molecule is Cc1cc(CNC(=O)c2cc(-c3ccc(N4CCCCC4)cc3)nn2C)ccc1OC(C)(C)C(=O)O. The molecule has 3 aromatic rings. The summed E-state index contributed by atoms with van der Waals surface area (Å²) in [6, 6.07) is 15.6. The second-order valence-corrected chi connectivity index (χ2v) is 9.83. The van der Waals surface area contributed by atoms with Gasteiger partial charge < -0.3 is 20.1 Å². The molecule has 0 saturated carbocycles. The number of carbonyl (C=O) groups is 2. The lowest BCUT2D eigenvalue weighted by atomic mass is 10.1. The molecule has 1 amide bonds. The van der Waals surface area contributed by atoms with Gasteiger partial charge in [0.05, 0.1) is 5.69 Å². The molecule has 0 spiro atoms. The third kappa shape index (κ3) is 5.70. The number of nitrogens with zero attached hydrogens (tertiary/aromatic N) is 3. The molecule has 190 valence electrons. The molecule has 8 heteroatoms. The van der Waals surface area contributed by atoms with Crippen LogP contribution in [0.25, 0.3) is 11.3 Å². The fourth-order valence-electron chi connectivity index (χ4n) is 4.34. The van der Waals surface area contributed by atoms with E-state index in [0.29, 0.717) is 18.0 Å². The summed E-state index contributed by atoms with van der Waals surface area (Å²) in [4.78, 5) is 26.6. The predicted molar refractivity (Wildman–Crippen MR) is 139 cm³/mol. The number of aliphatic carboxylic acids is 1. The molecular weight excluding hydrogens is 456 g/mol. The molecular formula is C28H34N4O4. The van der Waals surface area contributed by atoms with E-state index >= 15 is 0 Å². The van der Waals surface area contributed by atoms with Crippen LogP contribution in [0.2, 0.25) is 0 Å². The molecule has 0 atom stereocenters. The van der Waals surface area contributed by atoms with E-state index in [1.54, 1.807) is 23.9 Å². The van der Waals surface area contributed by atoms with E-state index in [2.05, 4.69) is 39.6 Å². The van der Waals surface area contributed by atoms with E-state index in [4.69, 9.17) is 4.74 Å². The van der Waals surface area contributed by atoms with Crippen LogP contribution in [-0.4, -0.2) is 45.5 Å². The number of aryl methyl sites for hydroxylation is 2. The van der Waals surface area contributed by atoms with Crippen LogP contribution in [-0.2, 0) is 18.4 Å². The highest BCUT2D eigenvalue weighted by Crippen LogP contribution is 2.26. The Bertz CT molecular complexity index is 1240. The fraction of sp³-hybridized carbons (Fsp3) is 0.393. The van der Waals surface area contributed by atoms with E-state index in [-0.39, 0.29) is 5.91 Å². The van der Waals surface area contributed by atoms with Gasteiger partial charge in [-0.1, -0.05) is 24.3 Å². The summed E-state index contributed by atoms with van der Waals surface area (Å²) in [6.07, 6.45) is 3.78. The maximum Gasteiger partial charge on any atom is 0.347 e. The molecule has 0 bridgehead atoms. The molecule has 1 aliphatic rings. The number of nitrogens with one attached hydrogen (secondary N) is 1. The van der Waals surface area contributed by atoms with Crippen LogP contribution in [0.5, 0.6) is 5.75 Å². The highest BCUT2D eigenvalue weighted by Gasteiger charge is 2.29. The monoisotopic (exact) mass is 490 g/mol. The topological polar surface area (TPSA) is 96.7 Å². The average molecular weight is 491 g/mol. The number of rotatable bonds is 8. The number of piperidine rings is 1. The Morgan fingerprint density at radius 2 is 1.75 bits per heavy atom. The van der Waals surface area contributed by atoms with Crippen molar-refractivity contribution in [2.45, 2.75) is 52.2 Å². The number of carboxylic acids is 1. The molecule has 0 radical (unpaired) electrons. The minimum atomic E-state index is -1.33. The quantitative estimate of drug-likeness (QED) is 0.481. The molecule has 1 aromatic heterocycles. The second-order valence-electron chi connectivity index (χ2n) is 9.83. The third-order valence-electron chi connectivity index (χ3n) is 6.57. The number of carbonyl (C=O) groups excluding carboxylic acids is 1. The van der Waals surface area contributed by atoms with Crippen molar-refractivity contribution in [1.29, 1.82) is 0 Å². The molecule has 4 rings (SSSR count). The number of benzene rings is 2. The molecule has 2 heterocycles. The largest absolute Gasteiger partial charge is 0.478 e.